The van der Waals surface area contributed by atoms with E-state index in [9.17, 15) is 9.90 Å². The first-order valence-corrected chi connectivity index (χ1v) is 9.62. The number of aliphatic hydroxyl groups excluding tert-OH is 1. The fourth-order valence-electron chi connectivity index (χ4n) is 4.25. The van der Waals surface area contributed by atoms with Gasteiger partial charge in [-0.25, -0.2) is 0 Å². The number of methoxy groups -OCH3 is 1. The van der Waals surface area contributed by atoms with Crippen molar-refractivity contribution >= 4 is 11.9 Å². The van der Waals surface area contributed by atoms with Gasteiger partial charge in [-0.05, 0) is 50.3 Å². The molecule has 3 aliphatic heterocycles. The van der Waals surface area contributed by atoms with Gasteiger partial charge < -0.3 is 24.1 Å². The van der Waals surface area contributed by atoms with Gasteiger partial charge in [0.25, 0.3) is 0 Å². The molecule has 6 nitrogen and oxygen atoms in total. The number of fused-ring (bicyclic) bond motifs is 6. The minimum Gasteiger partial charge on any atom is -0.496 e. The van der Waals surface area contributed by atoms with E-state index < -0.39 is 17.6 Å². The van der Waals surface area contributed by atoms with Crippen molar-refractivity contribution in [3.8, 4) is 23.0 Å². The van der Waals surface area contributed by atoms with Gasteiger partial charge in [-0.1, -0.05) is 0 Å². The quantitative estimate of drug-likeness (QED) is 0.841. The minimum atomic E-state index is -0.490. The molecule has 29 heavy (non-hydrogen) atoms. The first-order chi connectivity index (χ1) is 13.9. The Morgan fingerprint density at radius 3 is 2.83 bits per heavy atom. The van der Waals surface area contributed by atoms with Crippen molar-refractivity contribution in [2.75, 3.05) is 13.7 Å². The van der Waals surface area contributed by atoms with Crippen molar-refractivity contribution < 1.29 is 28.8 Å². The van der Waals surface area contributed by atoms with Crippen molar-refractivity contribution in [3.63, 3.8) is 0 Å². The molecule has 3 heterocycles. The van der Waals surface area contributed by atoms with Crippen molar-refractivity contribution in [1.29, 1.82) is 0 Å². The molecule has 0 saturated carbocycles. The number of ether oxygens (including phenoxy) is 4. The Labute approximate surface area is 168 Å². The molecule has 2 aromatic carbocycles. The van der Waals surface area contributed by atoms with Gasteiger partial charge in [-0.2, -0.15) is 0 Å². The van der Waals surface area contributed by atoms with E-state index in [1.54, 1.807) is 18.2 Å². The topological polar surface area (TPSA) is 74.2 Å². The Kier molecular flexibility index (Phi) is 3.90. The molecule has 0 bridgehead atoms. The van der Waals surface area contributed by atoms with Gasteiger partial charge in [0.2, 0.25) is 0 Å². The molecule has 6 heteroatoms. The molecule has 1 N–H and O–H groups in total. The lowest BCUT2D eigenvalue weighted by Crippen LogP contribution is -2.43. The molecule has 0 spiro atoms. The highest BCUT2D eigenvalue weighted by atomic mass is 16.5. The van der Waals surface area contributed by atoms with Crippen LogP contribution in [0.3, 0.4) is 0 Å². The average molecular weight is 394 g/mol. The van der Waals surface area contributed by atoms with Gasteiger partial charge in [-0.3, -0.25) is 4.79 Å². The summed E-state index contributed by atoms with van der Waals surface area (Å²) < 4.78 is 23.6. The smallest absolute Gasteiger partial charge is 0.178 e. The lowest BCUT2D eigenvalue weighted by molar-refractivity contribution is 0.0553. The molecular weight excluding hydrogens is 372 g/mol. The van der Waals surface area contributed by atoms with Crippen LogP contribution in [-0.2, 0) is 6.61 Å². The fraction of sp³-hybridized carbons (Fsp3) is 0.348. The number of carbonyl (C=O) groups is 1. The molecule has 0 radical (unpaired) electrons. The standard InChI is InChI=1S/C23H22O6/c1-23(2)7-6-13-16(29-23)5-4-14-21(25)20-15-9-17(26-3)12(10-24)8-18(15)27-11-19(20)28-22(13)14/h4-9,19-20,24H,10-11H2,1-3H3/t19-,20+/m1/s1. The predicted molar refractivity (Wildman–Crippen MR) is 106 cm³/mol. The van der Waals surface area contributed by atoms with Crippen LogP contribution in [0.25, 0.3) is 6.08 Å². The van der Waals surface area contributed by atoms with E-state index >= 15 is 0 Å². The highest BCUT2D eigenvalue weighted by Gasteiger charge is 2.44. The number of Topliss-reactive ketones (excluding diaryl/α,β-unsaturated/α-hetero) is 1. The van der Waals surface area contributed by atoms with E-state index in [-0.39, 0.29) is 19.0 Å². The number of aliphatic hydroxyl groups is 1. The van der Waals surface area contributed by atoms with Crippen molar-refractivity contribution in [3.05, 3.63) is 52.6 Å². The molecule has 0 aromatic heterocycles. The zero-order valence-electron chi connectivity index (χ0n) is 16.5. The SMILES string of the molecule is COc1cc2c(cc1CO)OC[C@H]1Oc3c(ccc4c3C=CC(C)(C)O4)C(=O)[C@@H]21. The van der Waals surface area contributed by atoms with Gasteiger partial charge in [-0.15, -0.1) is 0 Å². The van der Waals surface area contributed by atoms with Crippen LogP contribution in [0.2, 0.25) is 0 Å². The summed E-state index contributed by atoms with van der Waals surface area (Å²) in [5.74, 6) is 1.86. The molecule has 150 valence electrons. The zero-order valence-corrected chi connectivity index (χ0v) is 16.5. The van der Waals surface area contributed by atoms with Crippen LogP contribution < -0.4 is 18.9 Å². The molecule has 3 aliphatic rings. The first-order valence-electron chi connectivity index (χ1n) is 9.62. The number of ketones is 1. The summed E-state index contributed by atoms with van der Waals surface area (Å²) in [4.78, 5) is 13.5. The normalized spacial score (nSPS) is 22.8. The van der Waals surface area contributed by atoms with Crippen molar-refractivity contribution in [2.24, 2.45) is 0 Å². The Morgan fingerprint density at radius 2 is 2.07 bits per heavy atom. The monoisotopic (exact) mass is 394 g/mol. The molecule has 0 unspecified atom stereocenters. The minimum absolute atomic E-state index is 0.0133. The molecule has 0 saturated heterocycles. The molecule has 0 aliphatic carbocycles. The maximum atomic E-state index is 13.5. The summed E-state index contributed by atoms with van der Waals surface area (Å²) in [6, 6.07) is 7.11. The van der Waals surface area contributed by atoms with Crippen LogP contribution in [-0.4, -0.2) is 36.3 Å². The zero-order chi connectivity index (χ0) is 20.3. The number of rotatable bonds is 2. The van der Waals surface area contributed by atoms with E-state index in [4.69, 9.17) is 18.9 Å². The lowest BCUT2D eigenvalue weighted by atomic mass is 9.80. The van der Waals surface area contributed by atoms with Gasteiger partial charge in [0.05, 0.1) is 30.8 Å². The van der Waals surface area contributed by atoms with Crippen LogP contribution in [0, 0.1) is 0 Å². The molecule has 0 fully saturated rings. The first kappa shape index (κ1) is 18.1. The second-order valence-corrected chi connectivity index (χ2v) is 8.06. The van der Waals surface area contributed by atoms with E-state index in [0.717, 1.165) is 11.1 Å². The highest BCUT2D eigenvalue weighted by Crippen LogP contribution is 2.48. The second kappa shape index (κ2) is 6.26. The average Bonchev–Trinajstić information content (AvgIpc) is 2.71. The van der Waals surface area contributed by atoms with Gasteiger partial charge in [0.15, 0.2) is 5.78 Å². The van der Waals surface area contributed by atoms with Crippen LogP contribution in [0.5, 0.6) is 23.0 Å². The maximum Gasteiger partial charge on any atom is 0.178 e. The van der Waals surface area contributed by atoms with E-state index in [1.165, 1.54) is 7.11 Å². The third kappa shape index (κ3) is 2.70. The number of carbonyl (C=O) groups excluding carboxylic acids is 1. The van der Waals surface area contributed by atoms with Gasteiger partial charge >= 0.3 is 0 Å². The van der Waals surface area contributed by atoms with Crippen molar-refractivity contribution in [2.45, 2.75) is 38.1 Å². The molecule has 2 atom stereocenters. The van der Waals surface area contributed by atoms with Crippen LogP contribution in [0.15, 0.2) is 30.3 Å². The Bertz CT molecular complexity index is 1050. The third-order valence-corrected chi connectivity index (χ3v) is 5.69. The molecular formula is C23H22O6. The number of hydrogen-bond donors (Lipinski definition) is 1. The third-order valence-electron chi connectivity index (χ3n) is 5.69. The molecule has 2 aromatic rings. The lowest BCUT2D eigenvalue weighted by Gasteiger charge is -2.38. The second-order valence-electron chi connectivity index (χ2n) is 8.06. The Morgan fingerprint density at radius 1 is 1.24 bits per heavy atom. The number of hydrogen-bond acceptors (Lipinski definition) is 6. The summed E-state index contributed by atoms with van der Waals surface area (Å²) in [6.07, 6.45) is 3.48. The van der Waals surface area contributed by atoms with E-state index in [1.807, 2.05) is 32.1 Å². The van der Waals surface area contributed by atoms with Gasteiger partial charge in [0, 0.05) is 11.1 Å². The molecule has 0 amide bonds. The Hall–Kier alpha value is -2.99. The van der Waals surface area contributed by atoms with Crippen LogP contribution in [0.1, 0.15) is 46.8 Å². The largest absolute Gasteiger partial charge is 0.496 e. The summed E-state index contributed by atoms with van der Waals surface area (Å²) in [6.45, 7) is 4.04. The number of benzene rings is 2. The summed E-state index contributed by atoms with van der Waals surface area (Å²) in [5, 5.41) is 9.57. The summed E-state index contributed by atoms with van der Waals surface area (Å²) in [7, 11) is 1.54. The van der Waals surface area contributed by atoms with E-state index in [2.05, 4.69) is 0 Å². The highest BCUT2D eigenvalue weighted by molar-refractivity contribution is 6.06. The van der Waals surface area contributed by atoms with Crippen LogP contribution in [0.4, 0.5) is 0 Å². The molecule has 5 rings (SSSR count). The fourth-order valence-corrected chi connectivity index (χ4v) is 4.25. The van der Waals surface area contributed by atoms with E-state index in [0.29, 0.717) is 34.1 Å². The summed E-state index contributed by atoms with van der Waals surface area (Å²) >= 11 is 0. The van der Waals surface area contributed by atoms with Crippen LogP contribution >= 0.6 is 0 Å². The Balaban J connectivity index is 1.61. The maximum absolute atomic E-state index is 13.5. The predicted octanol–water partition coefficient (Wildman–Crippen LogP) is 3.49. The van der Waals surface area contributed by atoms with Gasteiger partial charge in [0.1, 0.15) is 41.3 Å². The summed E-state index contributed by atoms with van der Waals surface area (Å²) in [5.41, 5.74) is 2.25. The van der Waals surface area contributed by atoms with Crippen molar-refractivity contribution in [1.82, 2.24) is 0 Å².